The number of nitrogens with zero attached hydrogens (tertiary/aromatic N) is 1. The van der Waals surface area contributed by atoms with E-state index < -0.39 is 5.91 Å². The van der Waals surface area contributed by atoms with Gasteiger partial charge in [0, 0.05) is 16.3 Å². The molecule has 2 aromatic carbocycles. The van der Waals surface area contributed by atoms with E-state index in [4.69, 9.17) is 5.73 Å². The number of amides is 1. The molecule has 5 nitrogen and oxygen atoms in total. The van der Waals surface area contributed by atoms with Gasteiger partial charge in [0.1, 0.15) is 5.69 Å². The number of aromatic nitrogens is 3. The molecule has 21 heavy (non-hydrogen) atoms. The van der Waals surface area contributed by atoms with Crippen LogP contribution in [0.1, 0.15) is 10.5 Å². The van der Waals surface area contributed by atoms with Crippen LogP contribution in [0.2, 0.25) is 0 Å². The van der Waals surface area contributed by atoms with E-state index in [2.05, 4.69) is 15.2 Å². The van der Waals surface area contributed by atoms with E-state index in [0.29, 0.717) is 5.69 Å². The van der Waals surface area contributed by atoms with Gasteiger partial charge in [-0.25, -0.2) is 0 Å². The Balaban J connectivity index is 0.000000131. The fourth-order valence-electron chi connectivity index (χ4n) is 2.09. The van der Waals surface area contributed by atoms with Crippen LogP contribution in [0.15, 0.2) is 60.8 Å². The minimum absolute atomic E-state index is 0.425. The molecule has 2 aromatic heterocycles. The van der Waals surface area contributed by atoms with E-state index in [1.807, 2.05) is 54.7 Å². The minimum Gasteiger partial charge on any atom is -0.364 e. The topological polar surface area (TPSA) is 87.6 Å². The van der Waals surface area contributed by atoms with Crippen LogP contribution in [-0.2, 0) is 0 Å². The van der Waals surface area contributed by atoms with Crippen molar-refractivity contribution in [3.05, 3.63) is 66.5 Å². The number of hydrogen-bond donors (Lipinski definition) is 3. The van der Waals surface area contributed by atoms with Crippen LogP contribution >= 0.6 is 0 Å². The van der Waals surface area contributed by atoms with Crippen LogP contribution in [0.25, 0.3) is 21.8 Å². The Morgan fingerprint density at radius 3 is 2.29 bits per heavy atom. The second-order valence-corrected chi connectivity index (χ2v) is 4.59. The highest BCUT2D eigenvalue weighted by Gasteiger charge is 2.03. The summed E-state index contributed by atoms with van der Waals surface area (Å²) in [6.07, 6.45) is 1.81. The minimum atomic E-state index is -0.425. The molecule has 0 saturated heterocycles. The van der Waals surface area contributed by atoms with E-state index in [0.717, 1.165) is 21.8 Å². The van der Waals surface area contributed by atoms with Crippen LogP contribution < -0.4 is 5.73 Å². The van der Waals surface area contributed by atoms with Crippen LogP contribution in [0.5, 0.6) is 0 Å². The van der Waals surface area contributed by atoms with Crippen LogP contribution in [0.4, 0.5) is 0 Å². The number of benzene rings is 2. The largest absolute Gasteiger partial charge is 0.364 e. The zero-order valence-corrected chi connectivity index (χ0v) is 11.2. The van der Waals surface area contributed by atoms with Gasteiger partial charge in [-0.05, 0) is 18.2 Å². The lowest BCUT2D eigenvalue weighted by Crippen LogP contribution is -2.10. The van der Waals surface area contributed by atoms with Gasteiger partial charge in [0.25, 0.3) is 5.91 Å². The lowest BCUT2D eigenvalue weighted by atomic mass is 10.2. The molecule has 0 aliphatic heterocycles. The SMILES string of the molecule is NC(=O)c1cc2ccccc2[nH]1.c1ccc2[nH]ncc2c1. The number of nitrogens with one attached hydrogen (secondary N) is 2. The number of H-pyrrole nitrogens is 2. The molecule has 0 spiro atoms. The Kier molecular flexibility index (Phi) is 3.39. The Morgan fingerprint density at radius 1 is 0.952 bits per heavy atom. The van der Waals surface area contributed by atoms with Crippen LogP contribution in [-0.4, -0.2) is 21.1 Å². The summed E-state index contributed by atoms with van der Waals surface area (Å²) in [4.78, 5) is 13.7. The molecule has 1 amide bonds. The first-order valence-electron chi connectivity index (χ1n) is 6.50. The van der Waals surface area contributed by atoms with Gasteiger partial charge in [0.15, 0.2) is 0 Å². The molecular formula is C16H14N4O. The molecule has 0 atom stereocenters. The average Bonchev–Trinajstić information content (AvgIpc) is 3.14. The van der Waals surface area contributed by atoms with Gasteiger partial charge in [0.2, 0.25) is 0 Å². The van der Waals surface area contributed by atoms with Crippen molar-refractivity contribution in [2.75, 3.05) is 0 Å². The number of carbonyl (C=O) groups is 1. The second kappa shape index (κ2) is 5.50. The highest BCUT2D eigenvalue weighted by atomic mass is 16.1. The standard InChI is InChI=1S/C9H8N2O.C7H6N2/c10-9(12)8-5-6-3-1-2-4-7(6)11-8;1-2-4-7-6(3-1)5-8-9-7/h1-5,11H,(H2,10,12);1-5H,(H,8,9). The molecule has 0 aliphatic rings. The van der Waals surface area contributed by atoms with Crippen molar-refractivity contribution >= 4 is 27.7 Å². The fourth-order valence-corrected chi connectivity index (χ4v) is 2.09. The summed E-state index contributed by atoms with van der Waals surface area (Å²) in [5.41, 5.74) is 7.59. The quantitative estimate of drug-likeness (QED) is 0.500. The van der Waals surface area contributed by atoms with Gasteiger partial charge in [-0.2, -0.15) is 5.10 Å². The Labute approximate surface area is 120 Å². The third-order valence-corrected chi connectivity index (χ3v) is 3.14. The van der Waals surface area contributed by atoms with E-state index in [-0.39, 0.29) is 0 Å². The summed E-state index contributed by atoms with van der Waals surface area (Å²) in [7, 11) is 0. The Morgan fingerprint density at radius 2 is 1.62 bits per heavy atom. The predicted molar refractivity (Wildman–Crippen MR) is 82.9 cm³/mol. The third kappa shape index (κ3) is 2.76. The smallest absolute Gasteiger partial charge is 0.265 e. The monoisotopic (exact) mass is 278 g/mol. The lowest BCUT2D eigenvalue weighted by molar-refractivity contribution is 0.0996. The molecule has 0 bridgehead atoms. The number of fused-ring (bicyclic) bond motifs is 2. The summed E-state index contributed by atoms with van der Waals surface area (Å²) in [6.45, 7) is 0. The molecule has 0 fully saturated rings. The molecule has 4 rings (SSSR count). The van der Waals surface area contributed by atoms with Crippen molar-refractivity contribution < 1.29 is 4.79 Å². The molecule has 104 valence electrons. The van der Waals surface area contributed by atoms with Gasteiger partial charge >= 0.3 is 0 Å². The van der Waals surface area contributed by atoms with Crippen molar-refractivity contribution in [3.63, 3.8) is 0 Å². The predicted octanol–water partition coefficient (Wildman–Crippen LogP) is 2.83. The molecule has 0 unspecified atom stereocenters. The fraction of sp³-hybridized carbons (Fsp3) is 0. The van der Waals surface area contributed by atoms with Crippen molar-refractivity contribution in [1.29, 1.82) is 0 Å². The van der Waals surface area contributed by atoms with E-state index in [1.165, 1.54) is 0 Å². The Hall–Kier alpha value is -3.08. The molecule has 0 saturated carbocycles. The number of carbonyl (C=O) groups excluding carboxylic acids is 1. The molecule has 0 aliphatic carbocycles. The number of aromatic amines is 2. The summed E-state index contributed by atoms with van der Waals surface area (Å²) >= 11 is 0. The summed E-state index contributed by atoms with van der Waals surface area (Å²) < 4.78 is 0. The third-order valence-electron chi connectivity index (χ3n) is 3.14. The first-order chi connectivity index (χ1) is 10.2. The van der Waals surface area contributed by atoms with Gasteiger partial charge in [-0.1, -0.05) is 36.4 Å². The molecule has 4 N–H and O–H groups in total. The Bertz CT molecular complexity index is 828. The molecule has 0 radical (unpaired) electrons. The van der Waals surface area contributed by atoms with Crippen molar-refractivity contribution in [3.8, 4) is 0 Å². The van der Waals surface area contributed by atoms with Crippen molar-refractivity contribution in [2.24, 2.45) is 5.73 Å². The average molecular weight is 278 g/mol. The maximum absolute atomic E-state index is 10.8. The first kappa shape index (κ1) is 12.9. The zero-order valence-electron chi connectivity index (χ0n) is 11.2. The first-order valence-corrected chi connectivity index (χ1v) is 6.50. The van der Waals surface area contributed by atoms with Crippen molar-refractivity contribution in [2.45, 2.75) is 0 Å². The van der Waals surface area contributed by atoms with Gasteiger partial charge in [-0.15, -0.1) is 0 Å². The molecule has 4 aromatic rings. The van der Waals surface area contributed by atoms with Gasteiger partial charge < -0.3 is 10.7 Å². The maximum Gasteiger partial charge on any atom is 0.265 e. The van der Waals surface area contributed by atoms with Crippen LogP contribution in [0, 0.1) is 0 Å². The lowest BCUT2D eigenvalue weighted by Gasteiger charge is -1.85. The summed E-state index contributed by atoms with van der Waals surface area (Å²) in [5, 5.41) is 8.92. The number of rotatable bonds is 1. The van der Waals surface area contributed by atoms with E-state index in [9.17, 15) is 4.79 Å². The molecule has 5 heteroatoms. The van der Waals surface area contributed by atoms with Crippen molar-refractivity contribution in [1.82, 2.24) is 15.2 Å². The van der Waals surface area contributed by atoms with Crippen LogP contribution in [0.3, 0.4) is 0 Å². The summed E-state index contributed by atoms with van der Waals surface area (Å²) in [6, 6.07) is 17.4. The zero-order chi connectivity index (χ0) is 14.7. The molecular weight excluding hydrogens is 264 g/mol. The normalized spacial score (nSPS) is 10.3. The second-order valence-electron chi connectivity index (χ2n) is 4.59. The number of nitrogens with two attached hydrogens (primary N) is 1. The highest BCUT2D eigenvalue weighted by Crippen LogP contribution is 2.13. The molecule has 2 heterocycles. The number of hydrogen-bond acceptors (Lipinski definition) is 2. The number of para-hydroxylation sites is 2. The van der Waals surface area contributed by atoms with E-state index >= 15 is 0 Å². The highest BCUT2D eigenvalue weighted by molar-refractivity contribution is 5.96. The van der Waals surface area contributed by atoms with Gasteiger partial charge in [0.05, 0.1) is 11.7 Å². The van der Waals surface area contributed by atoms with E-state index in [1.54, 1.807) is 6.07 Å². The summed E-state index contributed by atoms with van der Waals surface area (Å²) in [5.74, 6) is -0.425. The van der Waals surface area contributed by atoms with Gasteiger partial charge in [-0.3, -0.25) is 9.89 Å². The number of primary amides is 1. The maximum atomic E-state index is 10.8.